The maximum Gasteiger partial charge on any atom is 0.253 e. The van der Waals surface area contributed by atoms with E-state index in [4.69, 9.17) is 11.6 Å². The highest BCUT2D eigenvalue weighted by atomic mass is 35.5. The Kier molecular flexibility index (Phi) is 8.20. The van der Waals surface area contributed by atoms with Crippen molar-refractivity contribution in [1.29, 1.82) is 5.26 Å². The Morgan fingerprint density at radius 3 is 2.75 bits per heavy atom. The van der Waals surface area contributed by atoms with Crippen LogP contribution in [0.15, 0.2) is 36.5 Å². The second kappa shape index (κ2) is 11.1. The SMILES string of the molecule is CN(C)C(=O)c1cc(Cl)cc(-c2ccc(CC[C@@H](C#N)NC(=O)[C@@H]3CCCCN3)cn2)c1. The Morgan fingerprint density at radius 1 is 1.31 bits per heavy atom. The molecule has 2 heterocycles. The molecule has 8 heteroatoms. The number of aromatic nitrogens is 1. The molecule has 1 aliphatic rings. The minimum atomic E-state index is -0.543. The summed E-state index contributed by atoms with van der Waals surface area (Å²) in [6.45, 7) is 0.838. The fourth-order valence-corrected chi connectivity index (χ4v) is 3.93. The van der Waals surface area contributed by atoms with Gasteiger partial charge in [-0.25, -0.2) is 0 Å². The van der Waals surface area contributed by atoms with Gasteiger partial charge in [0.05, 0.1) is 17.8 Å². The second-order valence-corrected chi connectivity index (χ2v) is 8.65. The fourth-order valence-electron chi connectivity index (χ4n) is 3.69. The molecule has 168 valence electrons. The van der Waals surface area contributed by atoms with E-state index in [-0.39, 0.29) is 17.9 Å². The Morgan fingerprint density at radius 2 is 2.12 bits per heavy atom. The number of amides is 2. The second-order valence-electron chi connectivity index (χ2n) is 8.21. The van der Waals surface area contributed by atoms with E-state index in [0.717, 1.165) is 36.9 Å². The number of hydrogen-bond donors (Lipinski definition) is 2. The number of carbonyl (C=O) groups is 2. The molecule has 2 aromatic rings. The maximum atomic E-state index is 12.4. The van der Waals surface area contributed by atoms with Gasteiger partial charge in [-0.15, -0.1) is 0 Å². The van der Waals surface area contributed by atoms with Crippen LogP contribution in [0, 0.1) is 11.3 Å². The van der Waals surface area contributed by atoms with Crippen molar-refractivity contribution < 1.29 is 9.59 Å². The van der Waals surface area contributed by atoms with Crippen LogP contribution in [0.3, 0.4) is 0 Å². The predicted octanol–water partition coefficient (Wildman–Crippen LogP) is 3.19. The van der Waals surface area contributed by atoms with E-state index < -0.39 is 6.04 Å². The molecule has 0 radical (unpaired) electrons. The highest BCUT2D eigenvalue weighted by molar-refractivity contribution is 6.31. The highest BCUT2D eigenvalue weighted by Crippen LogP contribution is 2.24. The van der Waals surface area contributed by atoms with Crippen molar-refractivity contribution in [3.05, 3.63) is 52.7 Å². The van der Waals surface area contributed by atoms with Crippen LogP contribution in [0.1, 0.15) is 41.6 Å². The third kappa shape index (κ3) is 6.28. The standard InChI is InChI=1S/C24H28ClN5O2/c1-30(2)24(32)18-11-17(12-19(25)13-18)21-9-7-16(15-28-21)6-8-20(14-26)29-23(31)22-5-3-4-10-27-22/h7,9,11-13,15,20,22,27H,3-6,8,10H2,1-2H3,(H,29,31)/t20-,22-/m0/s1. The molecule has 0 aliphatic carbocycles. The Hall–Kier alpha value is -2.95. The fraction of sp³-hybridized carbons (Fsp3) is 0.417. The number of aryl methyl sites for hydroxylation is 1. The largest absolute Gasteiger partial charge is 0.345 e. The number of benzene rings is 1. The Bertz CT molecular complexity index is 994. The van der Waals surface area contributed by atoms with Crippen LogP contribution >= 0.6 is 11.6 Å². The number of pyridine rings is 1. The summed E-state index contributed by atoms with van der Waals surface area (Å²) < 4.78 is 0. The molecular formula is C24H28ClN5O2. The molecule has 1 aliphatic heterocycles. The minimum absolute atomic E-state index is 0.103. The van der Waals surface area contributed by atoms with Crippen LogP contribution in [0.2, 0.25) is 5.02 Å². The maximum absolute atomic E-state index is 12.4. The van der Waals surface area contributed by atoms with E-state index in [0.29, 0.717) is 29.1 Å². The number of rotatable bonds is 7. The first-order chi connectivity index (χ1) is 15.4. The first kappa shape index (κ1) is 23.7. The summed E-state index contributed by atoms with van der Waals surface area (Å²) in [6.07, 6.45) is 5.79. The lowest BCUT2D eigenvalue weighted by molar-refractivity contribution is -0.124. The smallest absolute Gasteiger partial charge is 0.253 e. The van der Waals surface area contributed by atoms with E-state index >= 15 is 0 Å². The average molecular weight is 454 g/mol. The molecule has 3 rings (SSSR count). The number of piperidine rings is 1. The van der Waals surface area contributed by atoms with Crippen LogP contribution in [-0.4, -0.2) is 54.4 Å². The number of nitrogens with zero attached hydrogens (tertiary/aromatic N) is 3. The van der Waals surface area contributed by atoms with E-state index in [9.17, 15) is 14.9 Å². The summed E-state index contributed by atoms with van der Waals surface area (Å²) in [5, 5.41) is 15.9. The molecule has 7 nitrogen and oxygen atoms in total. The zero-order valence-electron chi connectivity index (χ0n) is 18.4. The molecule has 32 heavy (non-hydrogen) atoms. The van der Waals surface area contributed by atoms with Gasteiger partial charge in [0.25, 0.3) is 5.91 Å². The minimum Gasteiger partial charge on any atom is -0.345 e. The predicted molar refractivity (Wildman–Crippen MR) is 124 cm³/mol. The van der Waals surface area contributed by atoms with Gasteiger partial charge in [-0.05, 0) is 62.1 Å². The van der Waals surface area contributed by atoms with Gasteiger partial charge in [-0.2, -0.15) is 5.26 Å². The topological polar surface area (TPSA) is 98.1 Å². The number of hydrogen-bond acceptors (Lipinski definition) is 5. The zero-order valence-corrected chi connectivity index (χ0v) is 19.2. The van der Waals surface area contributed by atoms with Crippen LogP contribution in [0.5, 0.6) is 0 Å². The normalized spacial score (nSPS) is 16.6. The van der Waals surface area contributed by atoms with Gasteiger partial charge in [0, 0.05) is 36.4 Å². The van der Waals surface area contributed by atoms with Crippen LogP contribution in [0.25, 0.3) is 11.3 Å². The average Bonchev–Trinajstić information content (AvgIpc) is 2.81. The summed E-state index contributed by atoms with van der Waals surface area (Å²) >= 11 is 6.21. The van der Waals surface area contributed by atoms with Crippen molar-refractivity contribution in [3.63, 3.8) is 0 Å². The van der Waals surface area contributed by atoms with Crippen molar-refractivity contribution in [3.8, 4) is 17.3 Å². The molecule has 2 atom stereocenters. The van der Waals surface area contributed by atoms with Crippen molar-refractivity contribution >= 4 is 23.4 Å². The molecular weight excluding hydrogens is 426 g/mol. The van der Waals surface area contributed by atoms with E-state index in [1.54, 1.807) is 38.5 Å². The first-order valence-corrected chi connectivity index (χ1v) is 11.2. The lowest BCUT2D eigenvalue weighted by Gasteiger charge is -2.23. The molecule has 1 aromatic carbocycles. The summed E-state index contributed by atoms with van der Waals surface area (Å²) in [5.74, 6) is -0.229. The summed E-state index contributed by atoms with van der Waals surface area (Å²) in [5.41, 5.74) is 2.93. The van der Waals surface area contributed by atoms with Crippen LogP contribution in [0.4, 0.5) is 0 Å². The van der Waals surface area contributed by atoms with Crippen molar-refractivity contribution in [1.82, 2.24) is 20.5 Å². The zero-order chi connectivity index (χ0) is 23.1. The third-order valence-corrected chi connectivity index (χ3v) is 5.71. The lowest BCUT2D eigenvalue weighted by Crippen LogP contribution is -2.49. The molecule has 0 bridgehead atoms. The van der Waals surface area contributed by atoms with E-state index in [1.807, 2.05) is 12.1 Å². The van der Waals surface area contributed by atoms with Gasteiger partial charge in [0.1, 0.15) is 6.04 Å². The van der Waals surface area contributed by atoms with Gasteiger partial charge in [0.2, 0.25) is 5.91 Å². The number of nitrogens with one attached hydrogen (secondary N) is 2. The molecule has 2 N–H and O–H groups in total. The van der Waals surface area contributed by atoms with E-state index in [1.165, 1.54) is 4.90 Å². The first-order valence-electron chi connectivity index (χ1n) is 10.8. The molecule has 1 aromatic heterocycles. The molecule has 0 spiro atoms. The quantitative estimate of drug-likeness (QED) is 0.670. The van der Waals surface area contributed by atoms with Crippen LogP contribution < -0.4 is 10.6 Å². The van der Waals surface area contributed by atoms with Gasteiger partial charge in [0.15, 0.2) is 0 Å². The van der Waals surface area contributed by atoms with E-state index in [2.05, 4.69) is 21.7 Å². The van der Waals surface area contributed by atoms with Gasteiger partial charge in [-0.3, -0.25) is 14.6 Å². The summed E-state index contributed by atoms with van der Waals surface area (Å²) in [7, 11) is 3.39. The molecule has 1 saturated heterocycles. The van der Waals surface area contributed by atoms with Gasteiger partial charge < -0.3 is 15.5 Å². The number of nitriles is 1. The van der Waals surface area contributed by atoms with Crippen molar-refractivity contribution in [2.45, 2.75) is 44.2 Å². The Balaban J connectivity index is 1.61. The number of carbonyl (C=O) groups excluding carboxylic acids is 2. The van der Waals surface area contributed by atoms with Gasteiger partial charge >= 0.3 is 0 Å². The molecule has 2 amide bonds. The van der Waals surface area contributed by atoms with Crippen molar-refractivity contribution in [2.24, 2.45) is 0 Å². The van der Waals surface area contributed by atoms with Crippen molar-refractivity contribution in [2.75, 3.05) is 20.6 Å². The summed E-state index contributed by atoms with van der Waals surface area (Å²) in [4.78, 5) is 30.6. The third-order valence-electron chi connectivity index (χ3n) is 5.49. The number of halogens is 1. The molecule has 0 saturated carbocycles. The van der Waals surface area contributed by atoms with Crippen LogP contribution in [-0.2, 0) is 11.2 Å². The molecule has 1 fully saturated rings. The Labute approximate surface area is 193 Å². The monoisotopic (exact) mass is 453 g/mol. The molecule has 0 unspecified atom stereocenters. The lowest BCUT2D eigenvalue weighted by atomic mass is 10.0. The summed E-state index contributed by atoms with van der Waals surface area (Å²) in [6, 6.07) is 10.4. The highest BCUT2D eigenvalue weighted by Gasteiger charge is 2.22. The van der Waals surface area contributed by atoms with Gasteiger partial charge in [-0.1, -0.05) is 24.1 Å².